The first-order valence-electron chi connectivity index (χ1n) is 9.28. The van der Waals surface area contributed by atoms with E-state index in [9.17, 15) is 9.59 Å². The van der Waals surface area contributed by atoms with Crippen molar-refractivity contribution in [2.75, 3.05) is 0 Å². The lowest BCUT2D eigenvalue weighted by molar-refractivity contribution is 0.760. The minimum Gasteiger partial charge on any atom is -0.288 e. The molecular weight excluding hydrogens is 380 g/mol. The molecule has 0 saturated carbocycles. The Kier molecular flexibility index (Phi) is 4.30. The van der Waals surface area contributed by atoms with Crippen molar-refractivity contribution in [1.29, 1.82) is 0 Å². The monoisotopic (exact) mass is 396 g/mol. The highest BCUT2D eigenvalue weighted by atomic mass is 32.1. The Morgan fingerprint density at radius 2 is 1.45 bits per heavy atom. The van der Waals surface area contributed by atoms with E-state index in [1.807, 2.05) is 78.9 Å². The van der Waals surface area contributed by atoms with Crippen LogP contribution < -0.4 is 11.0 Å². The van der Waals surface area contributed by atoms with Gasteiger partial charge in [-0.05, 0) is 17.7 Å². The first kappa shape index (κ1) is 17.5. The molecule has 0 atom stereocenters. The summed E-state index contributed by atoms with van der Waals surface area (Å²) < 4.78 is 2.44. The average Bonchev–Trinajstić information content (AvgIpc) is 2.77. The summed E-state index contributed by atoms with van der Waals surface area (Å²) in [6.45, 7) is 0.351. The molecule has 5 aromatic rings. The molecule has 29 heavy (non-hydrogen) atoms. The van der Waals surface area contributed by atoms with E-state index < -0.39 is 0 Å². The van der Waals surface area contributed by atoms with Crippen molar-refractivity contribution in [3.63, 3.8) is 0 Å². The molecule has 0 N–H and O–H groups in total. The van der Waals surface area contributed by atoms with Crippen LogP contribution in [0.15, 0.2) is 94.5 Å². The van der Waals surface area contributed by atoms with Crippen LogP contribution in [0.1, 0.15) is 5.56 Å². The van der Waals surface area contributed by atoms with E-state index in [0.717, 1.165) is 15.8 Å². The second-order valence-corrected chi connectivity index (χ2v) is 7.82. The maximum Gasteiger partial charge on any atom is 0.266 e. The number of aromatic nitrogens is 2. The number of hydrogen-bond donors (Lipinski definition) is 0. The summed E-state index contributed by atoms with van der Waals surface area (Å²) in [6, 6.07) is 26.7. The molecule has 0 aliphatic heterocycles. The molecule has 0 bridgehead atoms. The third-order valence-corrected chi connectivity index (χ3v) is 5.98. The maximum atomic E-state index is 13.5. The summed E-state index contributed by atoms with van der Waals surface area (Å²) in [6.07, 6.45) is 0. The quantitative estimate of drug-likeness (QED) is 0.416. The molecule has 0 aliphatic rings. The van der Waals surface area contributed by atoms with Crippen LogP contribution in [0.3, 0.4) is 0 Å². The standard InChI is InChI=1S/C24H16N2O2S/c27-21-18-13-7-8-14-19(18)29-23-20(21)24(28)26(15-16-9-3-1-4-10-16)22(25-23)17-11-5-2-6-12-17/h1-14H,15H2. The van der Waals surface area contributed by atoms with E-state index >= 15 is 0 Å². The Balaban J connectivity index is 1.88. The summed E-state index contributed by atoms with van der Waals surface area (Å²) in [5.74, 6) is 0.567. The van der Waals surface area contributed by atoms with Crippen molar-refractivity contribution >= 4 is 31.6 Å². The highest BCUT2D eigenvalue weighted by molar-refractivity contribution is 7.24. The fourth-order valence-corrected chi connectivity index (χ4v) is 4.55. The second kappa shape index (κ2) is 7.11. The third kappa shape index (κ3) is 3.05. The molecule has 0 saturated heterocycles. The first-order valence-corrected chi connectivity index (χ1v) is 10.1. The molecule has 3 aromatic carbocycles. The van der Waals surface area contributed by atoms with E-state index in [1.165, 1.54) is 11.3 Å². The number of fused-ring (bicyclic) bond motifs is 2. The Morgan fingerprint density at radius 1 is 0.793 bits per heavy atom. The van der Waals surface area contributed by atoms with Crippen LogP contribution in [0.2, 0.25) is 0 Å². The zero-order chi connectivity index (χ0) is 19.8. The molecule has 140 valence electrons. The molecule has 0 spiro atoms. The number of nitrogens with zero attached hydrogens (tertiary/aromatic N) is 2. The summed E-state index contributed by atoms with van der Waals surface area (Å²) in [5.41, 5.74) is 1.26. The maximum absolute atomic E-state index is 13.5. The lowest BCUT2D eigenvalue weighted by Gasteiger charge is -2.14. The number of benzene rings is 3. The van der Waals surface area contributed by atoms with Gasteiger partial charge in [0.25, 0.3) is 5.56 Å². The van der Waals surface area contributed by atoms with Crippen molar-refractivity contribution < 1.29 is 0 Å². The summed E-state index contributed by atoms with van der Waals surface area (Å²) >= 11 is 1.38. The van der Waals surface area contributed by atoms with Crippen LogP contribution >= 0.6 is 11.3 Å². The fraction of sp³-hybridized carbons (Fsp3) is 0.0417. The SMILES string of the molecule is O=c1c2ccccc2sc2nc(-c3ccccc3)n(Cc3ccccc3)c(=O)c12. The lowest BCUT2D eigenvalue weighted by Crippen LogP contribution is -2.27. The van der Waals surface area contributed by atoms with Crippen molar-refractivity contribution in [2.45, 2.75) is 6.54 Å². The largest absolute Gasteiger partial charge is 0.288 e. The van der Waals surface area contributed by atoms with Gasteiger partial charge in [-0.2, -0.15) is 0 Å². The van der Waals surface area contributed by atoms with Crippen LogP contribution in [0.5, 0.6) is 0 Å². The Bertz CT molecular complexity index is 1460. The number of hydrogen-bond acceptors (Lipinski definition) is 4. The minimum atomic E-state index is -0.301. The van der Waals surface area contributed by atoms with E-state index in [2.05, 4.69) is 0 Å². The highest BCUT2D eigenvalue weighted by Crippen LogP contribution is 2.25. The van der Waals surface area contributed by atoms with Gasteiger partial charge in [0.05, 0.1) is 6.54 Å². The topological polar surface area (TPSA) is 52.0 Å². The summed E-state index contributed by atoms with van der Waals surface area (Å²) in [5, 5.41) is 0.715. The predicted molar refractivity (Wildman–Crippen MR) is 119 cm³/mol. The van der Waals surface area contributed by atoms with Crippen molar-refractivity contribution in [3.05, 3.63) is 111 Å². The molecule has 2 aromatic heterocycles. The van der Waals surface area contributed by atoms with Gasteiger partial charge in [-0.15, -0.1) is 11.3 Å². The first-order chi connectivity index (χ1) is 14.2. The molecule has 4 nitrogen and oxygen atoms in total. The van der Waals surface area contributed by atoms with Crippen molar-refractivity contribution in [1.82, 2.24) is 9.55 Å². The molecule has 0 fully saturated rings. The molecule has 5 rings (SSSR count). The smallest absolute Gasteiger partial charge is 0.266 e. The van der Waals surface area contributed by atoms with Gasteiger partial charge in [0, 0.05) is 15.6 Å². The molecule has 0 unspecified atom stereocenters. The zero-order valence-electron chi connectivity index (χ0n) is 15.4. The lowest BCUT2D eigenvalue weighted by atomic mass is 10.1. The summed E-state index contributed by atoms with van der Waals surface area (Å²) in [7, 11) is 0. The fourth-order valence-electron chi connectivity index (χ4n) is 3.51. The van der Waals surface area contributed by atoms with Crippen LogP contribution in [-0.4, -0.2) is 9.55 Å². The van der Waals surface area contributed by atoms with Gasteiger partial charge < -0.3 is 0 Å². The zero-order valence-corrected chi connectivity index (χ0v) is 16.2. The predicted octanol–water partition coefficient (Wildman–Crippen LogP) is 4.69. The van der Waals surface area contributed by atoms with Gasteiger partial charge in [0.15, 0.2) is 0 Å². The van der Waals surface area contributed by atoms with Crippen LogP contribution in [-0.2, 0) is 6.54 Å². The highest BCUT2D eigenvalue weighted by Gasteiger charge is 2.17. The van der Waals surface area contributed by atoms with Crippen molar-refractivity contribution in [2.24, 2.45) is 0 Å². The molecule has 0 aliphatic carbocycles. The van der Waals surface area contributed by atoms with E-state index in [1.54, 1.807) is 10.6 Å². The Hall–Kier alpha value is -3.57. The van der Waals surface area contributed by atoms with Gasteiger partial charge in [-0.3, -0.25) is 14.2 Å². The molecule has 5 heteroatoms. The summed E-state index contributed by atoms with van der Waals surface area (Å²) in [4.78, 5) is 31.9. The van der Waals surface area contributed by atoms with E-state index in [0.29, 0.717) is 22.6 Å². The van der Waals surface area contributed by atoms with Gasteiger partial charge in [-0.25, -0.2) is 4.98 Å². The van der Waals surface area contributed by atoms with Gasteiger partial charge in [0.1, 0.15) is 16.0 Å². The van der Waals surface area contributed by atoms with Crippen molar-refractivity contribution in [3.8, 4) is 11.4 Å². The van der Waals surface area contributed by atoms with Gasteiger partial charge in [0.2, 0.25) is 5.43 Å². The average molecular weight is 396 g/mol. The minimum absolute atomic E-state index is 0.157. The second-order valence-electron chi connectivity index (χ2n) is 6.79. The van der Waals surface area contributed by atoms with Gasteiger partial charge >= 0.3 is 0 Å². The van der Waals surface area contributed by atoms with Crippen LogP contribution in [0.25, 0.3) is 31.7 Å². The van der Waals surface area contributed by atoms with E-state index in [4.69, 9.17) is 4.98 Å². The number of rotatable bonds is 3. The third-order valence-electron chi connectivity index (χ3n) is 4.92. The molecule has 0 radical (unpaired) electrons. The Morgan fingerprint density at radius 3 is 2.21 bits per heavy atom. The van der Waals surface area contributed by atoms with Gasteiger partial charge in [-0.1, -0.05) is 72.8 Å². The molecule has 2 heterocycles. The normalized spacial score (nSPS) is 11.2. The van der Waals surface area contributed by atoms with Crippen LogP contribution in [0, 0.1) is 0 Å². The molecular formula is C24H16N2O2S. The van der Waals surface area contributed by atoms with Crippen LogP contribution in [0.4, 0.5) is 0 Å². The molecule has 0 amide bonds. The van der Waals surface area contributed by atoms with E-state index in [-0.39, 0.29) is 16.4 Å². The Labute approximate surface area is 170 Å².